The maximum Gasteiger partial charge on any atom is 0.216 e. The fourth-order valence-electron chi connectivity index (χ4n) is 2.26. The van der Waals surface area contributed by atoms with E-state index in [0.29, 0.717) is 4.47 Å². The fourth-order valence-corrected chi connectivity index (χ4v) is 4.00. The predicted octanol–water partition coefficient (Wildman–Crippen LogP) is 4.33. The van der Waals surface area contributed by atoms with E-state index in [2.05, 4.69) is 27.6 Å². The zero-order chi connectivity index (χ0) is 17.0. The van der Waals surface area contributed by atoms with E-state index >= 15 is 0 Å². The number of benzene rings is 2. The molecule has 0 unspecified atom stereocenters. The highest BCUT2D eigenvalue weighted by atomic mass is 79.9. The molecule has 23 heavy (non-hydrogen) atoms. The van der Waals surface area contributed by atoms with Crippen LogP contribution in [0.3, 0.4) is 0 Å². The number of sulfonamides is 1. The first-order chi connectivity index (χ1) is 10.8. The third-order valence-electron chi connectivity index (χ3n) is 3.60. The fraction of sp³-hybridized carbons (Fsp3) is 0.294. The third kappa shape index (κ3) is 5.12. The molecule has 1 atom stereocenters. The Kier molecular flexibility index (Phi) is 5.95. The molecule has 0 bridgehead atoms. The molecule has 0 aliphatic carbocycles. The number of aryl methyl sites for hydroxylation is 1. The van der Waals surface area contributed by atoms with Crippen LogP contribution in [0.5, 0.6) is 0 Å². The van der Waals surface area contributed by atoms with Gasteiger partial charge in [-0.05, 0) is 36.6 Å². The highest BCUT2D eigenvalue weighted by molar-refractivity contribution is 9.10. The molecule has 0 fully saturated rings. The van der Waals surface area contributed by atoms with Crippen LogP contribution in [0.25, 0.3) is 0 Å². The molecule has 0 aliphatic rings. The number of hydrogen-bond donors (Lipinski definition) is 1. The highest BCUT2D eigenvalue weighted by Gasteiger charge is 2.18. The molecule has 0 saturated heterocycles. The summed E-state index contributed by atoms with van der Waals surface area (Å²) < 4.78 is 41.5. The van der Waals surface area contributed by atoms with Crippen molar-refractivity contribution in [2.45, 2.75) is 32.1 Å². The Bertz CT molecular complexity index is 776. The largest absolute Gasteiger partial charge is 0.216 e. The topological polar surface area (TPSA) is 46.2 Å². The third-order valence-corrected chi connectivity index (χ3v) is 5.50. The zero-order valence-corrected chi connectivity index (χ0v) is 15.4. The summed E-state index contributed by atoms with van der Waals surface area (Å²) >= 11 is 3.15. The van der Waals surface area contributed by atoms with Crippen LogP contribution in [0, 0.1) is 5.82 Å². The normalized spacial score (nSPS) is 13.0. The summed E-state index contributed by atoms with van der Waals surface area (Å²) in [4.78, 5) is 0. The number of hydrogen-bond acceptors (Lipinski definition) is 2. The molecule has 2 aromatic carbocycles. The summed E-state index contributed by atoms with van der Waals surface area (Å²) in [6.45, 7) is 3.84. The summed E-state index contributed by atoms with van der Waals surface area (Å²) in [5, 5.41) is 0. The van der Waals surface area contributed by atoms with E-state index in [-0.39, 0.29) is 17.4 Å². The minimum Gasteiger partial charge on any atom is -0.212 e. The van der Waals surface area contributed by atoms with E-state index in [1.807, 2.05) is 24.3 Å². The summed E-state index contributed by atoms with van der Waals surface area (Å²) in [5.41, 5.74) is 2.22. The lowest BCUT2D eigenvalue weighted by Gasteiger charge is -2.15. The monoisotopic (exact) mass is 399 g/mol. The van der Waals surface area contributed by atoms with E-state index in [0.717, 1.165) is 12.0 Å². The molecule has 124 valence electrons. The van der Waals surface area contributed by atoms with E-state index in [1.165, 1.54) is 17.7 Å². The van der Waals surface area contributed by atoms with E-state index < -0.39 is 15.8 Å². The Morgan fingerprint density at radius 1 is 1.17 bits per heavy atom. The van der Waals surface area contributed by atoms with Gasteiger partial charge in [0.05, 0.1) is 5.75 Å². The number of rotatable bonds is 6. The van der Waals surface area contributed by atoms with Crippen molar-refractivity contribution in [3.05, 3.63) is 69.4 Å². The number of halogens is 2. The first kappa shape index (κ1) is 18.1. The molecule has 2 aromatic rings. The van der Waals surface area contributed by atoms with Crippen molar-refractivity contribution in [2.24, 2.45) is 0 Å². The molecule has 3 nitrogen and oxygen atoms in total. The lowest BCUT2D eigenvalue weighted by molar-refractivity contribution is 0.561. The first-order valence-electron chi connectivity index (χ1n) is 7.33. The van der Waals surface area contributed by atoms with Crippen molar-refractivity contribution in [3.63, 3.8) is 0 Å². The van der Waals surface area contributed by atoms with Gasteiger partial charge in [-0.1, -0.05) is 53.2 Å². The Labute approximate surface area is 145 Å². The van der Waals surface area contributed by atoms with Gasteiger partial charge in [0.25, 0.3) is 0 Å². The first-order valence-corrected chi connectivity index (χ1v) is 9.78. The Hall–Kier alpha value is -1.24. The minimum atomic E-state index is -3.64. The van der Waals surface area contributed by atoms with Crippen LogP contribution in [-0.4, -0.2) is 8.42 Å². The number of nitrogens with one attached hydrogen (secondary N) is 1. The second kappa shape index (κ2) is 7.55. The van der Waals surface area contributed by atoms with Gasteiger partial charge in [-0.25, -0.2) is 17.5 Å². The van der Waals surface area contributed by atoms with Gasteiger partial charge < -0.3 is 0 Å². The second-order valence-corrected chi connectivity index (χ2v) is 8.10. The van der Waals surface area contributed by atoms with Crippen molar-refractivity contribution in [1.82, 2.24) is 4.72 Å². The summed E-state index contributed by atoms with van der Waals surface area (Å²) in [6.07, 6.45) is 0.934. The van der Waals surface area contributed by atoms with Crippen LogP contribution in [0.2, 0.25) is 0 Å². The lowest BCUT2D eigenvalue weighted by Crippen LogP contribution is -2.28. The molecule has 0 aliphatic heterocycles. The standard InChI is InChI=1S/C17H19BrFNO2S/c1-3-13-4-6-14(7-5-13)12(2)20-23(21,22)11-15-8-9-16(18)10-17(15)19/h4-10,12,20H,3,11H2,1-2H3/t12-/m1/s1. The van der Waals surface area contributed by atoms with Crippen molar-refractivity contribution in [2.75, 3.05) is 0 Å². The SMILES string of the molecule is CCc1ccc([C@@H](C)NS(=O)(=O)Cc2ccc(Br)cc2F)cc1. The summed E-state index contributed by atoms with van der Waals surface area (Å²) in [5.74, 6) is -0.923. The van der Waals surface area contributed by atoms with Crippen LogP contribution in [0.4, 0.5) is 4.39 Å². The maximum atomic E-state index is 13.8. The average Bonchev–Trinajstić information content (AvgIpc) is 2.49. The van der Waals surface area contributed by atoms with Crippen molar-refractivity contribution in [3.8, 4) is 0 Å². The van der Waals surface area contributed by atoms with Crippen molar-refractivity contribution >= 4 is 26.0 Å². The van der Waals surface area contributed by atoms with Crippen LogP contribution >= 0.6 is 15.9 Å². The smallest absolute Gasteiger partial charge is 0.212 e. The maximum absolute atomic E-state index is 13.8. The van der Waals surface area contributed by atoms with Gasteiger partial charge in [0, 0.05) is 16.1 Å². The molecular formula is C17H19BrFNO2S. The van der Waals surface area contributed by atoms with E-state index in [4.69, 9.17) is 0 Å². The van der Waals surface area contributed by atoms with Gasteiger partial charge in [0.15, 0.2) is 0 Å². The Balaban J connectivity index is 2.10. The summed E-state index contributed by atoms with van der Waals surface area (Å²) in [6, 6.07) is 11.8. The lowest BCUT2D eigenvalue weighted by atomic mass is 10.1. The Morgan fingerprint density at radius 3 is 2.39 bits per heavy atom. The van der Waals surface area contributed by atoms with Gasteiger partial charge in [-0.3, -0.25) is 0 Å². The average molecular weight is 400 g/mol. The van der Waals surface area contributed by atoms with Gasteiger partial charge in [0.2, 0.25) is 10.0 Å². The quantitative estimate of drug-likeness (QED) is 0.785. The van der Waals surface area contributed by atoms with E-state index in [9.17, 15) is 12.8 Å². The molecule has 0 amide bonds. The van der Waals surface area contributed by atoms with Gasteiger partial charge >= 0.3 is 0 Å². The van der Waals surface area contributed by atoms with Crippen LogP contribution < -0.4 is 4.72 Å². The molecule has 1 N–H and O–H groups in total. The van der Waals surface area contributed by atoms with Gasteiger partial charge in [0.1, 0.15) is 5.82 Å². The molecule has 0 saturated carbocycles. The van der Waals surface area contributed by atoms with Gasteiger partial charge in [-0.2, -0.15) is 0 Å². The molecular weight excluding hydrogens is 381 g/mol. The minimum absolute atomic E-state index is 0.147. The molecule has 2 rings (SSSR count). The predicted molar refractivity (Wildman–Crippen MR) is 94.1 cm³/mol. The zero-order valence-electron chi connectivity index (χ0n) is 13.0. The molecule has 0 heterocycles. The van der Waals surface area contributed by atoms with Crippen LogP contribution in [0.1, 0.15) is 36.6 Å². The van der Waals surface area contributed by atoms with Gasteiger partial charge in [-0.15, -0.1) is 0 Å². The van der Waals surface area contributed by atoms with Crippen LogP contribution in [0.15, 0.2) is 46.9 Å². The van der Waals surface area contributed by atoms with Crippen molar-refractivity contribution < 1.29 is 12.8 Å². The summed E-state index contributed by atoms with van der Waals surface area (Å²) in [7, 11) is -3.64. The molecule has 0 spiro atoms. The van der Waals surface area contributed by atoms with Crippen molar-refractivity contribution in [1.29, 1.82) is 0 Å². The van der Waals surface area contributed by atoms with Crippen LogP contribution in [-0.2, 0) is 22.2 Å². The molecule has 0 radical (unpaired) electrons. The highest BCUT2D eigenvalue weighted by Crippen LogP contribution is 2.19. The molecule has 0 aromatic heterocycles. The second-order valence-electron chi connectivity index (χ2n) is 5.43. The van der Waals surface area contributed by atoms with E-state index in [1.54, 1.807) is 13.0 Å². The Morgan fingerprint density at radius 2 is 1.83 bits per heavy atom. The molecule has 6 heteroatoms.